The molecule has 0 fully saturated rings. The molecule has 0 aliphatic rings. The Morgan fingerprint density at radius 3 is 2.57 bits per heavy atom. The zero-order valence-electron chi connectivity index (χ0n) is 19.0. The van der Waals surface area contributed by atoms with Crippen molar-refractivity contribution in [1.29, 1.82) is 0 Å². The van der Waals surface area contributed by atoms with Crippen molar-refractivity contribution >= 4 is 11.9 Å². The van der Waals surface area contributed by atoms with E-state index in [9.17, 15) is 18.0 Å². The lowest BCUT2D eigenvalue weighted by molar-refractivity contribution is -0.137. The third kappa shape index (κ3) is 5.48. The smallest absolute Gasteiger partial charge is 0.416 e. The number of anilines is 1. The average molecular weight is 481 g/mol. The van der Waals surface area contributed by atoms with Gasteiger partial charge in [-0.2, -0.15) is 18.2 Å². The Kier molecular flexibility index (Phi) is 6.81. The van der Waals surface area contributed by atoms with Crippen LogP contribution in [0.25, 0.3) is 17.2 Å². The highest BCUT2D eigenvalue weighted by Crippen LogP contribution is 2.32. The second-order valence-electron chi connectivity index (χ2n) is 7.63. The Bertz CT molecular complexity index is 1320. The molecule has 2 aromatic heterocycles. The summed E-state index contributed by atoms with van der Waals surface area (Å²) in [4.78, 5) is 25.4. The first-order valence-electron chi connectivity index (χ1n) is 10.9. The molecule has 2 aromatic carbocycles. The molecule has 7 nitrogen and oxygen atoms in total. The quantitative estimate of drug-likeness (QED) is 0.341. The molecule has 0 spiro atoms. The number of nitrogens with zero attached hydrogens (tertiary/aromatic N) is 4. The Morgan fingerprint density at radius 1 is 1.09 bits per heavy atom. The third-order valence-corrected chi connectivity index (χ3v) is 5.17. The van der Waals surface area contributed by atoms with Crippen molar-refractivity contribution < 1.29 is 22.7 Å². The summed E-state index contributed by atoms with van der Waals surface area (Å²) in [7, 11) is 0. The number of alkyl halides is 3. The van der Waals surface area contributed by atoms with Crippen molar-refractivity contribution in [2.24, 2.45) is 0 Å². The molecule has 180 valence electrons. The molecule has 1 atom stereocenters. The van der Waals surface area contributed by atoms with Gasteiger partial charge in [0.25, 0.3) is 0 Å². The van der Waals surface area contributed by atoms with Gasteiger partial charge >= 0.3 is 12.1 Å². The van der Waals surface area contributed by atoms with E-state index in [4.69, 9.17) is 4.74 Å². The second kappa shape index (κ2) is 9.96. The molecule has 0 aliphatic carbocycles. The van der Waals surface area contributed by atoms with Gasteiger partial charge in [0, 0.05) is 18.0 Å². The van der Waals surface area contributed by atoms with Crippen molar-refractivity contribution in [1.82, 2.24) is 19.5 Å². The van der Waals surface area contributed by atoms with Gasteiger partial charge in [-0.05, 0) is 37.6 Å². The Hall–Kier alpha value is -4.21. The molecular formula is C25H22F3N5O2. The lowest BCUT2D eigenvalue weighted by atomic mass is 10.1. The third-order valence-electron chi connectivity index (χ3n) is 5.17. The standard InChI is InChI=1S/C25H22F3N5O2/c1-3-35-23(34)20-15-33(22(31-20)18-10-7-11-19(14-18)25(26,27)28)21-12-13-29-24(32-21)30-16(2)17-8-5-4-6-9-17/h4-16H,3H2,1-2H3,(H,29,30,32)/t16-/m0/s1. The van der Waals surface area contributed by atoms with Crippen LogP contribution in [-0.4, -0.2) is 32.1 Å². The number of aromatic nitrogens is 4. The number of benzene rings is 2. The van der Waals surface area contributed by atoms with Crippen LogP contribution < -0.4 is 5.32 Å². The second-order valence-corrected chi connectivity index (χ2v) is 7.63. The van der Waals surface area contributed by atoms with Gasteiger partial charge in [0.1, 0.15) is 11.6 Å². The zero-order chi connectivity index (χ0) is 25.0. The summed E-state index contributed by atoms with van der Waals surface area (Å²) in [5.41, 5.74) is 0.313. The van der Waals surface area contributed by atoms with Gasteiger partial charge in [-0.25, -0.2) is 14.8 Å². The number of nitrogens with one attached hydrogen (secondary N) is 1. The Morgan fingerprint density at radius 2 is 1.86 bits per heavy atom. The molecule has 0 saturated heterocycles. The average Bonchev–Trinajstić information content (AvgIpc) is 3.30. The molecule has 35 heavy (non-hydrogen) atoms. The van der Waals surface area contributed by atoms with Crippen molar-refractivity contribution in [2.45, 2.75) is 26.1 Å². The van der Waals surface area contributed by atoms with Crippen molar-refractivity contribution in [3.05, 3.63) is 89.9 Å². The molecule has 0 radical (unpaired) electrons. The highest BCUT2D eigenvalue weighted by Gasteiger charge is 2.31. The van der Waals surface area contributed by atoms with E-state index < -0.39 is 17.7 Å². The van der Waals surface area contributed by atoms with Crippen LogP contribution in [-0.2, 0) is 10.9 Å². The number of ether oxygens (including phenoxy) is 1. The van der Waals surface area contributed by atoms with Crippen LogP contribution in [0.5, 0.6) is 0 Å². The van der Waals surface area contributed by atoms with Gasteiger partial charge in [0.05, 0.1) is 18.2 Å². The fraction of sp³-hybridized carbons (Fsp3) is 0.200. The number of hydrogen-bond acceptors (Lipinski definition) is 6. The van der Waals surface area contributed by atoms with Crippen LogP contribution in [0.3, 0.4) is 0 Å². The molecule has 0 unspecified atom stereocenters. The minimum absolute atomic E-state index is 0.0509. The lowest BCUT2D eigenvalue weighted by Gasteiger charge is -2.15. The number of esters is 1. The van der Waals surface area contributed by atoms with Crippen molar-refractivity contribution in [2.75, 3.05) is 11.9 Å². The molecule has 4 rings (SSSR count). The van der Waals surface area contributed by atoms with E-state index in [0.717, 1.165) is 17.7 Å². The molecule has 0 bridgehead atoms. The van der Waals surface area contributed by atoms with Crippen LogP contribution in [0.2, 0.25) is 0 Å². The zero-order valence-corrected chi connectivity index (χ0v) is 19.0. The van der Waals surface area contributed by atoms with Gasteiger partial charge in [-0.1, -0.05) is 42.5 Å². The van der Waals surface area contributed by atoms with Crippen LogP contribution in [0.15, 0.2) is 73.1 Å². The maximum atomic E-state index is 13.3. The van der Waals surface area contributed by atoms with E-state index in [0.29, 0.717) is 11.8 Å². The van der Waals surface area contributed by atoms with Crippen LogP contribution in [0.4, 0.5) is 19.1 Å². The fourth-order valence-corrected chi connectivity index (χ4v) is 3.47. The minimum Gasteiger partial charge on any atom is -0.461 e. The molecule has 0 saturated carbocycles. The van der Waals surface area contributed by atoms with E-state index in [2.05, 4.69) is 20.3 Å². The Labute approximate surface area is 199 Å². The topological polar surface area (TPSA) is 81.9 Å². The summed E-state index contributed by atoms with van der Waals surface area (Å²) in [5.74, 6) is 0.0444. The summed E-state index contributed by atoms with van der Waals surface area (Å²) in [6.45, 7) is 3.73. The van der Waals surface area contributed by atoms with Gasteiger partial charge in [-0.15, -0.1) is 0 Å². The van der Waals surface area contributed by atoms with E-state index in [1.807, 2.05) is 37.3 Å². The summed E-state index contributed by atoms with van der Waals surface area (Å²) < 4.78 is 46.5. The SMILES string of the molecule is CCOC(=O)c1cn(-c2ccnc(N[C@@H](C)c3ccccc3)n2)c(-c2cccc(C(F)(F)F)c2)n1. The van der Waals surface area contributed by atoms with Crippen molar-refractivity contribution in [3.63, 3.8) is 0 Å². The first-order chi connectivity index (χ1) is 16.8. The van der Waals surface area contributed by atoms with Gasteiger partial charge in [0.15, 0.2) is 5.69 Å². The van der Waals surface area contributed by atoms with E-state index in [-0.39, 0.29) is 29.7 Å². The molecule has 2 heterocycles. The number of carbonyl (C=O) groups excluding carboxylic acids is 1. The Balaban J connectivity index is 1.75. The largest absolute Gasteiger partial charge is 0.461 e. The van der Waals surface area contributed by atoms with E-state index >= 15 is 0 Å². The summed E-state index contributed by atoms with van der Waals surface area (Å²) >= 11 is 0. The maximum Gasteiger partial charge on any atom is 0.416 e. The highest BCUT2D eigenvalue weighted by atomic mass is 19.4. The normalized spacial score (nSPS) is 12.3. The highest BCUT2D eigenvalue weighted by molar-refractivity contribution is 5.88. The molecule has 1 N–H and O–H groups in total. The monoisotopic (exact) mass is 481 g/mol. The predicted molar refractivity (Wildman–Crippen MR) is 124 cm³/mol. The number of rotatable bonds is 7. The minimum atomic E-state index is -4.53. The summed E-state index contributed by atoms with van der Waals surface area (Å²) in [5, 5.41) is 3.21. The van der Waals surface area contributed by atoms with Gasteiger partial charge < -0.3 is 10.1 Å². The molecular weight excluding hydrogens is 459 g/mol. The molecule has 0 amide bonds. The number of hydrogen-bond donors (Lipinski definition) is 1. The summed E-state index contributed by atoms with van der Waals surface area (Å²) in [6.07, 6.45) is -1.63. The van der Waals surface area contributed by atoms with Crippen LogP contribution in [0.1, 0.15) is 41.5 Å². The number of halogens is 3. The first-order valence-corrected chi connectivity index (χ1v) is 10.9. The van der Waals surface area contributed by atoms with Gasteiger partial charge in [0.2, 0.25) is 5.95 Å². The van der Waals surface area contributed by atoms with Crippen LogP contribution in [0, 0.1) is 0 Å². The molecule has 0 aliphatic heterocycles. The van der Waals surface area contributed by atoms with Crippen LogP contribution >= 0.6 is 0 Å². The maximum absolute atomic E-state index is 13.3. The predicted octanol–water partition coefficient (Wildman–Crippen LogP) is 5.70. The van der Waals surface area contributed by atoms with E-state index in [1.54, 1.807) is 13.0 Å². The molecule has 10 heteroatoms. The number of imidazole rings is 1. The van der Waals surface area contributed by atoms with Crippen molar-refractivity contribution in [3.8, 4) is 17.2 Å². The summed E-state index contributed by atoms with van der Waals surface area (Å²) in [6, 6.07) is 15.9. The first kappa shape index (κ1) is 23.9. The molecule has 4 aromatic rings. The number of carbonyl (C=O) groups is 1. The van der Waals surface area contributed by atoms with E-state index in [1.165, 1.54) is 29.1 Å². The lowest BCUT2D eigenvalue weighted by Crippen LogP contribution is -2.11. The van der Waals surface area contributed by atoms with Gasteiger partial charge in [-0.3, -0.25) is 4.57 Å². The fourth-order valence-electron chi connectivity index (χ4n) is 3.47.